The van der Waals surface area contributed by atoms with Gasteiger partial charge in [0, 0.05) is 18.0 Å². The summed E-state index contributed by atoms with van der Waals surface area (Å²) in [7, 11) is 0. The first-order valence-electron chi connectivity index (χ1n) is 6.79. The number of nitrogens with zero attached hydrogens (tertiary/aromatic N) is 1. The van der Waals surface area contributed by atoms with Crippen molar-refractivity contribution in [3.05, 3.63) is 63.6 Å². The summed E-state index contributed by atoms with van der Waals surface area (Å²) < 4.78 is 14.9. The molecule has 0 aliphatic heterocycles. The third-order valence-corrected chi connectivity index (χ3v) is 3.95. The highest BCUT2D eigenvalue weighted by Gasteiger charge is 2.20. The number of halogens is 2. The maximum absolute atomic E-state index is 14.4. The second-order valence-electron chi connectivity index (χ2n) is 4.56. The molecule has 4 heteroatoms. The summed E-state index contributed by atoms with van der Waals surface area (Å²) in [6, 6.07) is 7.21. The Morgan fingerprint density at radius 3 is 2.75 bits per heavy atom. The van der Waals surface area contributed by atoms with Crippen LogP contribution in [0, 0.1) is 5.82 Å². The van der Waals surface area contributed by atoms with Crippen molar-refractivity contribution in [1.82, 2.24) is 10.3 Å². The molecule has 0 aliphatic rings. The smallest absolute Gasteiger partial charge is 0.142 e. The van der Waals surface area contributed by atoms with Crippen molar-refractivity contribution in [2.45, 2.75) is 26.3 Å². The summed E-state index contributed by atoms with van der Waals surface area (Å²) in [6.45, 7) is 4.87. The van der Waals surface area contributed by atoms with Gasteiger partial charge in [-0.05, 0) is 52.2 Å². The van der Waals surface area contributed by atoms with Crippen LogP contribution in [0.15, 0.2) is 41.1 Å². The Morgan fingerprint density at radius 2 is 2.05 bits per heavy atom. The van der Waals surface area contributed by atoms with E-state index in [1.807, 2.05) is 31.3 Å². The van der Waals surface area contributed by atoms with Gasteiger partial charge in [0.2, 0.25) is 0 Å². The minimum absolute atomic E-state index is 0.157. The lowest BCUT2D eigenvalue weighted by molar-refractivity contribution is 0.552. The number of hydrogen-bond acceptors (Lipinski definition) is 2. The Balaban J connectivity index is 2.53. The van der Waals surface area contributed by atoms with Crippen LogP contribution in [0.2, 0.25) is 0 Å². The normalized spacial score (nSPS) is 12.4. The number of rotatable bonds is 5. The molecule has 0 amide bonds. The molecule has 1 atom stereocenters. The van der Waals surface area contributed by atoms with E-state index in [1.54, 1.807) is 12.3 Å². The van der Waals surface area contributed by atoms with Gasteiger partial charge in [0.15, 0.2) is 0 Å². The van der Waals surface area contributed by atoms with Gasteiger partial charge in [0.25, 0.3) is 0 Å². The number of nitrogens with one attached hydrogen (secondary N) is 1. The summed E-state index contributed by atoms with van der Waals surface area (Å²) >= 11 is 3.26. The van der Waals surface area contributed by atoms with Gasteiger partial charge < -0.3 is 5.32 Å². The fourth-order valence-electron chi connectivity index (χ4n) is 2.35. The number of aryl methyl sites for hydroxylation is 1. The lowest BCUT2D eigenvalue weighted by atomic mass is 9.94. The topological polar surface area (TPSA) is 24.9 Å². The Bertz CT molecular complexity index is 586. The highest BCUT2D eigenvalue weighted by Crippen LogP contribution is 2.30. The fraction of sp³-hybridized carbons (Fsp3) is 0.312. The molecule has 0 aliphatic carbocycles. The monoisotopic (exact) mass is 336 g/mol. The fourth-order valence-corrected chi connectivity index (χ4v) is 2.73. The van der Waals surface area contributed by atoms with Gasteiger partial charge in [-0.1, -0.05) is 26.0 Å². The van der Waals surface area contributed by atoms with Crippen molar-refractivity contribution in [2.75, 3.05) is 6.54 Å². The molecule has 0 spiro atoms. The van der Waals surface area contributed by atoms with Crippen molar-refractivity contribution in [1.29, 1.82) is 0 Å². The van der Waals surface area contributed by atoms with Gasteiger partial charge in [-0.2, -0.15) is 0 Å². The molecule has 0 radical (unpaired) electrons. The van der Waals surface area contributed by atoms with Crippen molar-refractivity contribution >= 4 is 15.9 Å². The highest BCUT2D eigenvalue weighted by molar-refractivity contribution is 9.10. The molecule has 0 saturated heterocycles. The van der Waals surface area contributed by atoms with Gasteiger partial charge in [-0.25, -0.2) is 4.39 Å². The van der Waals surface area contributed by atoms with Crippen LogP contribution < -0.4 is 5.32 Å². The van der Waals surface area contributed by atoms with Crippen LogP contribution in [0.1, 0.15) is 36.6 Å². The first-order chi connectivity index (χ1) is 9.69. The van der Waals surface area contributed by atoms with Crippen molar-refractivity contribution < 1.29 is 4.39 Å². The molecule has 0 bridgehead atoms. The summed E-state index contributed by atoms with van der Waals surface area (Å²) in [5.74, 6) is -0.211. The number of hydrogen-bond donors (Lipinski definition) is 1. The molecular weight excluding hydrogens is 319 g/mol. The highest BCUT2D eigenvalue weighted by atomic mass is 79.9. The quantitative estimate of drug-likeness (QED) is 0.883. The minimum Gasteiger partial charge on any atom is -0.306 e. The molecule has 2 aromatic rings. The van der Waals surface area contributed by atoms with E-state index in [9.17, 15) is 4.39 Å². The average Bonchev–Trinajstić information content (AvgIpc) is 2.48. The third kappa shape index (κ3) is 3.07. The Kier molecular flexibility index (Phi) is 5.26. The van der Waals surface area contributed by atoms with Crippen LogP contribution in [-0.2, 0) is 6.42 Å². The molecular formula is C16H18BrFN2. The van der Waals surface area contributed by atoms with E-state index in [2.05, 4.69) is 33.2 Å². The zero-order valence-electron chi connectivity index (χ0n) is 11.7. The predicted octanol–water partition coefficient (Wildman–Crippen LogP) is 4.24. The van der Waals surface area contributed by atoms with Gasteiger partial charge in [0.05, 0.1) is 10.5 Å². The van der Waals surface area contributed by atoms with Crippen molar-refractivity contribution in [2.24, 2.45) is 0 Å². The lowest BCUT2D eigenvalue weighted by Gasteiger charge is -2.22. The summed E-state index contributed by atoms with van der Waals surface area (Å²) in [5, 5.41) is 3.37. The van der Waals surface area contributed by atoms with E-state index in [0.29, 0.717) is 10.0 Å². The van der Waals surface area contributed by atoms with Crippen LogP contribution in [0.4, 0.5) is 4.39 Å². The summed E-state index contributed by atoms with van der Waals surface area (Å²) in [5.41, 5.74) is 2.88. The van der Waals surface area contributed by atoms with Gasteiger partial charge in [-0.15, -0.1) is 0 Å². The number of pyridine rings is 1. The number of benzene rings is 1. The molecule has 1 aromatic carbocycles. The van der Waals surface area contributed by atoms with E-state index in [0.717, 1.165) is 24.1 Å². The summed E-state index contributed by atoms with van der Waals surface area (Å²) in [6.07, 6.45) is 4.49. The Hall–Kier alpha value is -1.26. The molecule has 1 aromatic heterocycles. The lowest BCUT2D eigenvalue weighted by Crippen LogP contribution is -2.24. The van der Waals surface area contributed by atoms with Crippen molar-refractivity contribution in [3.63, 3.8) is 0 Å². The average molecular weight is 337 g/mol. The van der Waals surface area contributed by atoms with Crippen LogP contribution >= 0.6 is 15.9 Å². The molecule has 106 valence electrons. The maximum atomic E-state index is 14.4. The standard InChI is InChI=1S/C16H18BrFN2/c1-3-11-10-19-9-8-12(11)16(20-4-2)13-6-5-7-14(17)15(13)18/h5-10,16,20H,3-4H2,1-2H3. The molecule has 0 fully saturated rings. The van der Waals surface area contributed by atoms with Crippen LogP contribution in [-0.4, -0.2) is 11.5 Å². The predicted molar refractivity (Wildman–Crippen MR) is 83.2 cm³/mol. The van der Waals surface area contributed by atoms with Crippen LogP contribution in [0.3, 0.4) is 0 Å². The number of aromatic nitrogens is 1. The maximum Gasteiger partial charge on any atom is 0.142 e. The molecule has 1 N–H and O–H groups in total. The molecule has 20 heavy (non-hydrogen) atoms. The minimum atomic E-state index is -0.211. The van der Waals surface area contributed by atoms with Gasteiger partial charge >= 0.3 is 0 Å². The third-order valence-electron chi connectivity index (χ3n) is 3.33. The van der Waals surface area contributed by atoms with E-state index >= 15 is 0 Å². The first-order valence-corrected chi connectivity index (χ1v) is 7.58. The Morgan fingerprint density at radius 1 is 1.25 bits per heavy atom. The van der Waals surface area contributed by atoms with E-state index < -0.39 is 0 Å². The second-order valence-corrected chi connectivity index (χ2v) is 5.42. The van der Waals surface area contributed by atoms with Gasteiger partial charge in [0.1, 0.15) is 5.82 Å². The molecule has 1 heterocycles. The van der Waals surface area contributed by atoms with Gasteiger partial charge in [-0.3, -0.25) is 4.98 Å². The SMILES string of the molecule is CCNC(c1ccncc1CC)c1cccc(Br)c1F. The second kappa shape index (κ2) is 6.95. The van der Waals surface area contributed by atoms with E-state index in [-0.39, 0.29) is 11.9 Å². The van der Waals surface area contributed by atoms with E-state index in [4.69, 9.17) is 0 Å². The van der Waals surface area contributed by atoms with E-state index in [1.165, 1.54) is 0 Å². The molecule has 2 nitrogen and oxygen atoms in total. The first kappa shape index (κ1) is 15.1. The van der Waals surface area contributed by atoms with Crippen LogP contribution in [0.5, 0.6) is 0 Å². The molecule has 1 unspecified atom stereocenters. The Labute approximate surface area is 127 Å². The zero-order chi connectivity index (χ0) is 14.5. The summed E-state index contributed by atoms with van der Waals surface area (Å²) in [4.78, 5) is 4.16. The molecule has 2 rings (SSSR count). The van der Waals surface area contributed by atoms with Crippen molar-refractivity contribution in [3.8, 4) is 0 Å². The van der Waals surface area contributed by atoms with Crippen LogP contribution in [0.25, 0.3) is 0 Å². The zero-order valence-corrected chi connectivity index (χ0v) is 13.2. The molecule has 0 saturated carbocycles. The largest absolute Gasteiger partial charge is 0.306 e.